The fourth-order valence-electron chi connectivity index (χ4n) is 2.91. The van der Waals surface area contributed by atoms with Crippen LogP contribution in [0.3, 0.4) is 0 Å². The lowest BCUT2D eigenvalue weighted by molar-refractivity contribution is -0.152. The van der Waals surface area contributed by atoms with E-state index in [0.29, 0.717) is 22.2 Å². The minimum atomic E-state index is -1.53. The number of pyridine rings is 1. The van der Waals surface area contributed by atoms with Gasteiger partial charge in [0, 0.05) is 36.8 Å². The summed E-state index contributed by atoms with van der Waals surface area (Å²) in [6, 6.07) is 10.2. The highest BCUT2D eigenvalue weighted by Crippen LogP contribution is 2.22. The maximum atomic E-state index is 12.6. The van der Waals surface area contributed by atoms with Gasteiger partial charge in [-0.1, -0.05) is 17.7 Å². The Morgan fingerprint density at radius 3 is 2.57 bits per heavy atom. The van der Waals surface area contributed by atoms with Crippen LogP contribution in [-0.2, 0) is 25.7 Å². The van der Waals surface area contributed by atoms with Crippen LogP contribution in [0.15, 0.2) is 42.6 Å². The number of Topliss-reactive ketones (excluding diaryl/α,β-unsaturated/α-hetero) is 1. The van der Waals surface area contributed by atoms with E-state index >= 15 is 0 Å². The van der Waals surface area contributed by atoms with Crippen molar-refractivity contribution in [2.75, 3.05) is 13.1 Å². The Hall–Kier alpha value is -3.46. The molecule has 0 radical (unpaired) electrons. The lowest BCUT2D eigenvalue weighted by Gasteiger charge is -2.30. The van der Waals surface area contributed by atoms with Crippen LogP contribution in [0.4, 0.5) is 0 Å². The van der Waals surface area contributed by atoms with Crippen molar-refractivity contribution >= 4 is 35.2 Å². The van der Waals surface area contributed by atoms with Gasteiger partial charge in [0.15, 0.2) is 11.7 Å². The third-order valence-corrected chi connectivity index (χ3v) is 4.64. The molecule has 30 heavy (non-hydrogen) atoms. The molecule has 2 aromatic rings. The summed E-state index contributed by atoms with van der Waals surface area (Å²) in [5.74, 6) is -3.95. The number of carboxylic acid groups (broad SMARTS) is 1. The van der Waals surface area contributed by atoms with Gasteiger partial charge in [-0.15, -0.1) is 0 Å². The molecule has 156 valence electrons. The van der Waals surface area contributed by atoms with Gasteiger partial charge in [0.1, 0.15) is 12.3 Å². The average Bonchev–Trinajstić information content (AvgIpc) is 2.72. The zero-order valence-corrected chi connectivity index (χ0v) is 16.5. The summed E-state index contributed by atoms with van der Waals surface area (Å²) in [5, 5.41) is 11.3. The standard InChI is InChI=1S/C20H18ClN3O6/c21-13-2-4-14(5-3-13)30-16-6-1-12(9-22-16)11-24-8-7-15(25)18(20(24)29)19(28)23-10-17(26)27/h1-6,9,18H,7-8,10-11H2,(H,23,28)(H,26,27). The van der Waals surface area contributed by atoms with E-state index < -0.39 is 36.0 Å². The molecule has 1 unspecified atom stereocenters. The van der Waals surface area contributed by atoms with Crippen LogP contribution in [0.25, 0.3) is 0 Å². The summed E-state index contributed by atoms with van der Waals surface area (Å²) in [6.45, 7) is -0.332. The molecular formula is C20H18ClN3O6. The van der Waals surface area contributed by atoms with Crippen LogP contribution < -0.4 is 10.1 Å². The number of halogens is 1. The van der Waals surface area contributed by atoms with E-state index in [2.05, 4.69) is 10.3 Å². The monoisotopic (exact) mass is 431 g/mol. The molecule has 9 nitrogen and oxygen atoms in total. The number of carbonyl (C=O) groups excluding carboxylic acids is 3. The first kappa shape index (κ1) is 21.3. The first-order chi connectivity index (χ1) is 14.3. The van der Waals surface area contributed by atoms with Gasteiger partial charge in [-0.3, -0.25) is 19.2 Å². The summed E-state index contributed by atoms with van der Waals surface area (Å²) in [6.07, 6.45) is 1.55. The van der Waals surface area contributed by atoms with Gasteiger partial charge >= 0.3 is 5.97 Å². The van der Waals surface area contributed by atoms with Crippen molar-refractivity contribution < 1.29 is 29.0 Å². The Bertz CT molecular complexity index is 962. The summed E-state index contributed by atoms with van der Waals surface area (Å²) < 4.78 is 5.61. The van der Waals surface area contributed by atoms with Gasteiger partial charge in [-0.25, -0.2) is 4.98 Å². The number of nitrogens with one attached hydrogen (secondary N) is 1. The Morgan fingerprint density at radius 1 is 1.20 bits per heavy atom. The second kappa shape index (κ2) is 9.36. The molecule has 0 bridgehead atoms. The first-order valence-corrected chi connectivity index (χ1v) is 9.40. The topological polar surface area (TPSA) is 126 Å². The van der Waals surface area contributed by atoms with E-state index in [1.165, 1.54) is 11.1 Å². The van der Waals surface area contributed by atoms with Crippen molar-refractivity contribution in [3.8, 4) is 11.6 Å². The molecule has 10 heteroatoms. The Morgan fingerprint density at radius 2 is 1.93 bits per heavy atom. The number of ketones is 1. The number of piperidine rings is 1. The van der Waals surface area contributed by atoms with Crippen LogP contribution in [0.5, 0.6) is 11.6 Å². The fraction of sp³-hybridized carbons (Fsp3) is 0.250. The van der Waals surface area contributed by atoms with Crippen molar-refractivity contribution in [2.24, 2.45) is 5.92 Å². The lowest BCUT2D eigenvalue weighted by atomic mass is 9.94. The molecule has 1 fully saturated rings. The Labute approximate surface area is 176 Å². The van der Waals surface area contributed by atoms with E-state index in [1.54, 1.807) is 36.4 Å². The second-order valence-corrected chi connectivity index (χ2v) is 7.02. The fourth-order valence-corrected chi connectivity index (χ4v) is 3.03. The zero-order valence-electron chi connectivity index (χ0n) is 15.7. The number of amides is 2. The number of aromatic nitrogens is 1. The van der Waals surface area contributed by atoms with Crippen molar-refractivity contribution in [3.05, 3.63) is 53.2 Å². The third kappa shape index (κ3) is 5.32. The largest absolute Gasteiger partial charge is 0.480 e. The molecule has 1 saturated heterocycles. The van der Waals surface area contributed by atoms with E-state index in [9.17, 15) is 19.2 Å². The molecule has 1 aromatic carbocycles. The van der Waals surface area contributed by atoms with Gasteiger partial charge in [-0.05, 0) is 29.8 Å². The van der Waals surface area contributed by atoms with E-state index in [-0.39, 0.29) is 19.5 Å². The summed E-state index contributed by atoms with van der Waals surface area (Å²) >= 11 is 5.83. The zero-order chi connectivity index (χ0) is 21.7. The molecule has 0 saturated carbocycles. The summed E-state index contributed by atoms with van der Waals surface area (Å²) in [7, 11) is 0. The van der Waals surface area contributed by atoms with Crippen LogP contribution in [0, 0.1) is 5.92 Å². The number of carbonyl (C=O) groups is 4. The van der Waals surface area contributed by atoms with Crippen LogP contribution in [-0.4, -0.2) is 51.6 Å². The highest BCUT2D eigenvalue weighted by Gasteiger charge is 2.40. The van der Waals surface area contributed by atoms with Gasteiger partial charge in [0.25, 0.3) is 0 Å². The molecule has 0 spiro atoms. The minimum absolute atomic E-state index is 0.0160. The van der Waals surface area contributed by atoms with Gasteiger partial charge < -0.3 is 20.1 Å². The van der Waals surface area contributed by atoms with Gasteiger partial charge in [0.05, 0.1) is 0 Å². The maximum absolute atomic E-state index is 12.6. The highest BCUT2D eigenvalue weighted by atomic mass is 35.5. The second-order valence-electron chi connectivity index (χ2n) is 6.58. The van der Waals surface area contributed by atoms with Crippen LogP contribution in [0.1, 0.15) is 12.0 Å². The number of likely N-dealkylation sites (tertiary alicyclic amines) is 1. The van der Waals surface area contributed by atoms with Crippen LogP contribution in [0.2, 0.25) is 5.02 Å². The lowest BCUT2D eigenvalue weighted by Crippen LogP contribution is -2.52. The summed E-state index contributed by atoms with van der Waals surface area (Å²) in [5.41, 5.74) is 0.686. The molecule has 0 aliphatic carbocycles. The normalized spacial score (nSPS) is 16.3. The average molecular weight is 432 g/mol. The van der Waals surface area contributed by atoms with Gasteiger partial charge in [0.2, 0.25) is 17.7 Å². The Balaban J connectivity index is 1.62. The van der Waals surface area contributed by atoms with Gasteiger partial charge in [-0.2, -0.15) is 0 Å². The number of carboxylic acids is 1. The van der Waals surface area contributed by atoms with Crippen molar-refractivity contribution in [1.29, 1.82) is 0 Å². The van der Waals surface area contributed by atoms with Crippen LogP contribution >= 0.6 is 11.6 Å². The third-order valence-electron chi connectivity index (χ3n) is 4.39. The number of aliphatic carboxylic acids is 1. The number of hydrogen-bond acceptors (Lipinski definition) is 6. The number of ether oxygens (including phenoxy) is 1. The smallest absolute Gasteiger partial charge is 0.322 e. The molecule has 2 heterocycles. The summed E-state index contributed by atoms with van der Waals surface area (Å²) in [4.78, 5) is 52.9. The number of benzene rings is 1. The molecule has 1 aliphatic rings. The molecule has 2 N–H and O–H groups in total. The highest BCUT2D eigenvalue weighted by molar-refractivity contribution is 6.30. The Kier molecular flexibility index (Phi) is 6.63. The predicted octanol–water partition coefficient (Wildman–Crippen LogP) is 1.65. The van der Waals surface area contributed by atoms with E-state index in [1.807, 2.05) is 0 Å². The van der Waals surface area contributed by atoms with E-state index in [0.717, 1.165) is 0 Å². The van der Waals surface area contributed by atoms with Crippen molar-refractivity contribution in [1.82, 2.24) is 15.2 Å². The van der Waals surface area contributed by atoms with Crippen molar-refractivity contribution in [2.45, 2.75) is 13.0 Å². The quantitative estimate of drug-likeness (QED) is 0.638. The molecule has 3 rings (SSSR count). The van der Waals surface area contributed by atoms with Crippen molar-refractivity contribution in [3.63, 3.8) is 0 Å². The number of nitrogens with zero attached hydrogens (tertiary/aromatic N) is 2. The molecule has 1 aliphatic heterocycles. The number of hydrogen-bond donors (Lipinski definition) is 2. The molecular weight excluding hydrogens is 414 g/mol. The molecule has 1 atom stereocenters. The SMILES string of the molecule is O=C(O)CNC(=O)C1C(=O)CCN(Cc2ccc(Oc3ccc(Cl)cc3)nc2)C1=O. The first-order valence-electron chi connectivity index (χ1n) is 9.03. The number of rotatable bonds is 7. The molecule has 1 aromatic heterocycles. The predicted molar refractivity (Wildman–Crippen MR) is 105 cm³/mol. The van der Waals surface area contributed by atoms with E-state index in [4.69, 9.17) is 21.4 Å². The minimum Gasteiger partial charge on any atom is -0.480 e. The molecule has 2 amide bonds. The maximum Gasteiger partial charge on any atom is 0.322 e.